The SMILES string of the molecule is C=CC(=O)OC(CCC)(C(N)=O)C(C)CCCCCCCCCCCCCCC. The maximum Gasteiger partial charge on any atom is 0.331 e. The van der Waals surface area contributed by atoms with Gasteiger partial charge in [0.05, 0.1) is 0 Å². The van der Waals surface area contributed by atoms with E-state index in [1.165, 1.54) is 70.6 Å². The van der Waals surface area contributed by atoms with Gasteiger partial charge in [-0.1, -0.05) is 117 Å². The first-order valence-corrected chi connectivity index (χ1v) is 12.1. The summed E-state index contributed by atoms with van der Waals surface area (Å²) in [5.74, 6) is -1.21. The van der Waals surface area contributed by atoms with Gasteiger partial charge in [0.1, 0.15) is 0 Å². The number of carbonyl (C=O) groups is 2. The molecule has 0 aromatic rings. The lowest BCUT2D eigenvalue weighted by Gasteiger charge is -2.35. The Morgan fingerprint density at radius 1 is 0.862 bits per heavy atom. The van der Waals surface area contributed by atoms with E-state index < -0.39 is 17.5 Å². The van der Waals surface area contributed by atoms with E-state index in [-0.39, 0.29) is 5.92 Å². The number of unbranched alkanes of at least 4 members (excludes halogenated alkanes) is 12. The summed E-state index contributed by atoms with van der Waals surface area (Å²) in [6, 6.07) is 0. The van der Waals surface area contributed by atoms with Crippen molar-refractivity contribution < 1.29 is 14.3 Å². The Kier molecular flexibility index (Phi) is 16.7. The highest BCUT2D eigenvalue weighted by atomic mass is 16.6. The van der Waals surface area contributed by atoms with E-state index in [4.69, 9.17) is 10.5 Å². The van der Waals surface area contributed by atoms with Gasteiger partial charge in [0.25, 0.3) is 5.91 Å². The fourth-order valence-corrected chi connectivity index (χ4v) is 4.11. The molecular formula is C25H47NO3. The summed E-state index contributed by atoms with van der Waals surface area (Å²) in [6.45, 7) is 9.64. The van der Waals surface area contributed by atoms with Crippen molar-refractivity contribution in [1.29, 1.82) is 0 Å². The molecule has 0 aliphatic carbocycles. The quantitative estimate of drug-likeness (QED) is 0.136. The van der Waals surface area contributed by atoms with Crippen molar-refractivity contribution in [1.82, 2.24) is 0 Å². The molecule has 0 aromatic carbocycles. The Morgan fingerprint density at radius 3 is 1.69 bits per heavy atom. The molecule has 0 saturated carbocycles. The van der Waals surface area contributed by atoms with Crippen molar-refractivity contribution in [3.8, 4) is 0 Å². The van der Waals surface area contributed by atoms with Crippen LogP contribution in [-0.4, -0.2) is 17.5 Å². The molecular weight excluding hydrogens is 362 g/mol. The van der Waals surface area contributed by atoms with E-state index >= 15 is 0 Å². The van der Waals surface area contributed by atoms with Gasteiger partial charge in [-0.2, -0.15) is 0 Å². The lowest BCUT2D eigenvalue weighted by Crippen LogP contribution is -2.52. The summed E-state index contributed by atoms with van der Waals surface area (Å²) in [5, 5.41) is 0. The largest absolute Gasteiger partial charge is 0.446 e. The summed E-state index contributed by atoms with van der Waals surface area (Å²) in [7, 11) is 0. The number of primary amides is 1. The minimum Gasteiger partial charge on any atom is -0.446 e. The number of nitrogens with two attached hydrogens (primary N) is 1. The molecule has 4 nitrogen and oxygen atoms in total. The molecule has 4 heteroatoms. The summed E-state index contributed by atoms with van der Waals surface area (Å²) >= 11 is 0. The maximum atomic E-state index is 12.1. The van der Waals surface area contributed by atoms with Gasteiger partial charge in [-0.3, -0.25) is 4.79 Å². The molecule has 2 unspecified atom stereocenters. The van der Waals surface area contributed by atoms with E-state index in [2.05, 4.69) is 13.5 Å². The fraction of sp³-hybridized carbons (Fsp3) is 0.840. The van der Waals surface area contributed by atoms with Gasteiger partial charge < -0.3 is 10.5 Å². The van der Waals surface area contributed by atoms with Crippen LogP contribution in [0.2, 0.25) is 0 Å². The van der Waals surface area contributed by atoms with Crippen LogP contribution in [0.1, 0.15) is 124 Å². The van der Waals surface area contributed by atoms with Crippen molar-refractivity contribution in [2.24, 2.45) is 11.7 Å². The first-order chi connectivity index (χ1) is 13.9. The summed E-state index contributed by atoms with van der Waals surface area (Å²) in [6.07, 6.45) is 20.2. The normalized spacial score (nSPS) is 14.2. The summed E-state index contributed by atoms with van der Waals surface area (Å²) in [4.78, 5) is 23.9. The predicted molar refractivity (Wildman–Crippen MR) is 123 cm³/mol. The topological polar surface area (TPSA) is 69.4 Å². The highest BCUT2D eigenvalue weighted by molar-refractivity contribution is 5.89. The number of rotatable bonds is 20. The van der Waals surface area contributed by atoms with Crippen molar-refractivity contribution in [2.45, 2.75) is 129 Å². The Hall–Kier alpha value is -1.32. The lowest BCUT2D eigenvalue weighted by atomic mass is 9.80. The lowest BCUT2D eigenvalue weighted by molar-refractivity contribution is -0.170. The van der Waals surface area contributed by atoms with Gasteiger partial charge in [0, 0.05) is 12.0 Å². The van der Waals surface area contributed by atoms with Crippen LogP contribution >= 0.6 is 0 Å². The Balaban J connectivity index is 4.01. The smallest absolute Gasteiger partial charge is 0.331 e. The van der Waals surface area contributed by atoms with Crippen LogP contribution < -0.4 is 5.73 Å². The average Bonchev–Trinajstić information content (AvgIpc) is 2.70. The molecule has 0 bridgehead atoms. The Bertz CT molecular complexity index is 449. The molecule has 0 aliphatic heterocycles. The highest BCUT2D eigenvalue weighted by Crippen LogP contribution is 2.32. The fourth-order valence-electron chi connectivity index (χ4n) is 4.11. The predicted octanol–water partition coefficient (Wildman–Crippen LogP) is 6.86. The van der Waals surface area contributed by atoms with Crippen LogP contribution in [0.4, 0.5) is 0 Å². The third kappa shape index (κ3) is 12.1. The Labute approximate surface area is 180 Å². The molecule has 1 amide bonds. The zero-order valence-corrected chi connectivity index (χ0v) is 19.5. The van der Waals surface area contributed by atoms with E-state index in [1.54, 1.807) is 0 Å². The van der Waals surface area contributed by atoms with Crippen LogP contribution in [0, 0.1) is 5.92 Å². The van der Waals surface area contributed by atoms with E-state index in [9.17, 15) is 9.59 Å². The van der Waals surface area contributed by atoms with Gasteiger partial charge >= 0.3 is 5.97 Å². The molecule has 0 rings (SSSR count). The third-order valence-electron chi connectivity index (χ3n) is 6.02. The van der Waals surface area contributed by atoms with Gasteiger partial charge in [0.2, 0.25) is 0 Å². The molecule has 0 heterocycles. The second kappa shape index (κ2) is 17.5. The van der Waals surface area contributed by atoms with Crippen LogP contribution in [0.15, 0.2) is 12.7 Å². The van der Waals surface area contributed by atoms with Crippen LogP contribution in [0.25, 0.3) is 0 Å². The first-order valence-electron chi connectivity index (χ1n) is 12.1. The zero-order valence-electron chi connectivity index (χ0n) is 19.5. The van der Waals surface area contributed by atoms with Crippen molar-refractivity contribution in [2.75, 3.05) is 0 Å². The number of carbonyl (C=O) groups excluding carboxylic acids is 2. The zero-order chi connectivity index (χ0) is 22.0. The second-order valence-corrected chi connectivity index (χ2v) is 8.56. The molecule has 0 saturated heterocycles. The van der Waals surface area contributed by atoms with Crippen molar-refractivity contribution in [3.63, 3.8) is 0 Å². The molecule has 2 atom stereocenters. The van der Waals surface area contributed by atoms with Gasteiger partial charge in [-0.15, -0.1) is 0 Å². The van der Waals surface area contributed by atoms with Crippen LogP contribution in [-0.2, 0) is 14.3 Å². The molecule has 170 valence electrons. The van der Waals surface area contributed by atoms with Crippen LogP contribution in [0.5, 0.6) is 0 Å². The minimum absolute atomic E-state index is 0.0865. The van der Waals surface area contributed by atoms with Gasteiger partial charge in [-0.05, 0) is 12.8 Å². The molecule has 0 spiro atoms. The van der Waals surface area contributed by atoms with Gasteiger partial charge in [0.15, 0.2) is 5.60 Å². The third-order valence-corrected chi connectivity index (χ3v) is 6.02. The monoisotopic (exact) mass is 409 g/mol. The summed E-state index contributed by atoms with van der Waals surface area (Å²) < 4.78 is 5.48. The number of hydrogen-bond acceptors (Lipinski definition) is 3. The first kappa shape index (κ1) is 27.7. The van der Waals surface area contributed by atoms with E-state index in [1.807, 2.05) is 13.8 Å². The number of amides is 1. The molecule has 0 aromatic heterocycles. The van der Waals surface area contributed by atoms with Gasteiger partial charge in [-0.25, -0.2) is 4.79 Å². The average molecular weight is 410 g/mol. The summed E-state index contributed by atoms with van der Waals surface area (Å²) in [5.41, 5.74) is 4.44. The Morgan fingerprint density at radius 2 is 1.31 bits per heavy atom. The number of hydrogen-bond donors (Lipinski definition) is 1. The molecule has 0 fully saturated rings. The molecule has 2 N–H and O–H groups in total. The maximum absolute atomic E-state index is 12.1. The van der Waals surface area contributed by atoms with Crippen molar-refractivity contribution >= 4 is 11.9 Å². The molecule has 29 heavy (non-hydrogen) atoms. The number of esters is 1. The number of ether oxygens (including phenoxy) is 1. The van der Waals surface area contributed by atoms with E-state index in [0.29, 0.717) is 6.42 Å². The second-order valence-electron chi connectivity index (χ2n) is 8.56. The van der Waals surface area contributed by atoms with Crippen LogP contribution in [0.3, 0.4) is 0 Å². The minimum atomic E-state index is -1.21. The standard InChI is InChI=1S/C25H47NO3/c1-5-8-9-10-11-12-13-14-15-16-17-18-19-20-22(4)25(21-6-2,24(26)28)29-23(27)7-3/h7,22H,3,5-6,8-21H2,1-2,4H3,(H2,26,28). The van der Waals surface area contributed by atoms with Crippen molar-refractivity contribution in [3.05, 3.63) is 12.7 Å². The molecule has 0 aliphatic rings. The molecule has 0 radical (unpaired) electrons. The highest BCUT2D eigenvalue weighted by Gasteiger charge is 2.44. The van der Waals surface area contributed by atoms with E-state index in [0.717, 1.165) is 31.8 Å².